The Balaban J connectivity index is 1.67. The van der Waals surface area contributed by atoms with Crippen LogP contribution in [0.25, 0.3) is 22.4 Å². The molecule has 0 fully saturated rings. The van der Waals surface area contributed by atoms with Gasteiger partial charge in [-0.25, -0.2) is 9.78 Å². The Kier molecular flexibility index (Phi) is 3.46. The molecule has 0 saturated heterocycles. The Morgan fingerprint density at radius 1 is 1.27 bits per heavy atom. The number of nitrogens with zero attached hydrogens (tertiary/aromatic N) is 1. The number of rotatable bonds is 4. The van der Waals surface area contributed by atoms with Gasteiger partial charge in [-0.15, -0.1) is 0 Å². The van der Waals surface area contributed by atoms with Crippen molar-refractivity contribution < 1.29 is 32.9 Å². The van der Waals surface area contributed by atoms with Crippen LogP contribution in [0.4, 0.5) is 8.78 Å². The number of aromatic nitrogens is 2. The molecular weight excluding hydrogens is 350 g/mol. The minimum atomic E-state index is -4.30. The van der Waals surface area contributed by atoms with Gasteiger partial charge in [0, 0.05) is 17.7 Å². The second kappa shape index (κ2) is 5.58. The molecule has 0 radical (unpaired) electrons. The number of imidazole rings is 1. The number of aliphatic carboxylic acids is 1. The van der Waals surface area contributed by atoms with E-state index in [1.165, 1.54) is 19.1 Å². The Labute approximate surface area is 145 Å². The van der Waals surface area contributed by atoms with Crippen molar-refractivity contribution in [3.05, 3.63) is 35.9 Å². The lowest BCUT2D eigenvalue weighted by molar-refractivity contribution is -0.211. The van der Waals surface area contributed by atoms with Gasteiger partial charge in [-0.2, -0.15) is 8.78 Å². The average molecular weight is 362 g/mol. The number of aromatic amines is 1. The van der Waals surface area contributed by atoms with Crippen molar-refractivity contribution in [2.24, 2.45) is 0 Å². The molecule has 0 atom stereocenters. The SMILES string of the molecule is Cc1cc(-c2nc3cc4c(cc3[nH]2)OCO4)ccc1OC(F)(F)C(=O)O. The van der Waals surface area contributed by atoms with Gasteiger partial charge in [0.2, 0.25) is 6.79 Å². The van der Waals surface area contributed by atoms with Crippen molar-refractivity contribution in [3.8, 4) is 28.6 Å². The van der Waals surface area contributed by atoms with E-state index in [9.17, 15) is 13.6 Å². The number of ether oxygens (including phenoxy) is 3. The first-order valence-corrected chi connectivity index (χ1v) is 7.54. The summed E-state index contributed by atoms with van der Waals surface area (Å²) in [5.74, 6) is -0.841. The average Bonchev–Trinajstić information content (AvgIpc) is 3.19. The van der Waals surface area contributed by atoms with E-state index < -0.39 is 12.1 Å². The minimum Gasteiger partial charge on any atom is -0.474 e. The molecule has 3 aromatic rings. The highest BCUT2D eigenvalue weighted by atomic mass is 19.3. The molecule has 0 saturated carbocycles. The van der Waals surface area contributed by atoms with Gasteiger partial charge in [0.05, 0.1) is 11.0 Å². The van der Waals surface area contributed by atoms with Crippen LogP contribution >= 0.6 is 0 Å². The molecule has 0 unspecified atom stereocenters. The number of nitrogens with one attached hydrogen (secondary N) is 1. The highest BCUT2D eigenvalue weighted by Gasteiger charge is 2.42. The van der Waals surface area contributed by atoms with Crippen molar-refractivity contribution in [1.82, 2.24) is 9.97 Å². The second-order valence-corrected chi connectivity index (χ2v) is 5.71. The predicted octanol–water partition coefficient (Wildman–Crippen LogP) is 3.32. The largest absolute Gasteiger partial charge is 0.501 e. The molecule has 1 aromatic heterocycles. The molecule has 2 N–H and O–H groups in total. The number of carboxylic acid groups (broad SMARTS) is 1. The van der Waals surface area contributed by atoms with E-state index in [1.54, 1.807) is 18.2 Å². The van der Waals surface area contributed by atoms with E-state index in [2.05, 4.69) is 14.7 Å². The summed E-state index contributed by atoms with van der Waals surface area (Å²) in [4.78, 5) is 18.1. The summed E-state index contributed by atoms with van der Waals surface area (Å²) in [6, 6.07) is 7.88. The van der Waals surface area contributed by atoms with Crippen LogP contribution < -0.4 is 14.2 Å². The molecule has 2 heterocycles. The third-order valence-electron chi connectivity index (χ3n) is 3.91. The van der Waals surface area contributed by atoms with Crippen LogP contribution in [0.1, 0.15) is 5.56 Å². The fourth-order valence-corrected chi connectivity index (χ4v) is 2.63. The van der Waals surface area contributed by atoms with Crippen LogP contribution in [0.2, 0.25) is 0 Å². The molecule has 1 aliphatic rings. The van der Waals surface area contributed by atoms with Crippen LogP contribution in [0.3, 0.4) is 0 Å². The fourth-order valence-electron chi connectivity index (χ4n) is 2.63. The van der Waals surface area contributed by atoms with Crippen molar-refractivity contribution in [2.45, 2.75) is 13.0 Å². The first-order chi connectivity index (χ1) is 12.3. The number of alkyl halides is 2. The predicted molar refractivity (Wildman–Crippen MR) is 85.6 cm³/mol. The van der Waals surface area contributed by atoms with Gasteiger partial charge in [-0.05, 0) is 30.7 Å². The third-order valence-corrected chi connectivity index (χ3v) is 3.91. The molecular formula is C17H12F2N2O5. The molecule has 4 rings (SSSR count). The summed E-state index contributed by atoms with van der Waals surface area (Å²) in [5.41, 5.74) is 2.38. The van der Waals surface area contributed by atoms with Gasteiger partial charge in [0.15, 0.2) is 11.5 Å². The van der Waals surface area contributed by atoms with E-state index in [1.807, 2.05) is 0 Å². The zero-order valence-corrected chi connectivity index (χ0v) is 13.4. The maximum Gasteiger partial charge on any atom is 0.501 e. The quantitative estimate of drug-likeness (QED) is 0.739. The van der Waals surface area contributed by atoms with Gasteiger partial charge in [0.1, 0.15) is 11.6 Å². The number of benzene rings is 2. The highest BCUT2D eigenvalue weighted by Crippen LogP contribution is 2.36. The topological polar surface area (TPSA) is 93.7 Å². The number of H-pyrrole nitrogens is 1. The molecule has 0 aliphatic carbocycles. The lowest BCUT2D eigenvalue weighted by Gasteiger charge is -2.15. The monoisotopic (exact) mass is 362 g/mol. The van der Waals surface area contributed by atoms with Gasteiger partial charge in [-0.1, -0.05) is 0 Å². The van der Waals surface area contributed by atoms with Gasteiger partial charge in [-0.3, -0.25) is 0 Å². The Morgan fingerprint density at radius 2 is 2.00 bits per heavy atom. The second-order valence-electron chi connectivity index (χ2n) is 5.71. The minimum absolute atomic E-state index is 0.163. The smallest absolute Gasteiger partial charge is 0.474 e. The van der Waals surface area contributed by atoms with E-state index in [0.29, 0.717) is 34.0 Å². The zero-order valence-electron chi connectivity index (χ0n) is 13.4. The first-order valence-electron chi connectivity index (χ1n) is 7.54. The molecule has 0 amide bonds. The highest BCUT2D eigenvalue weighted by molar-refractivity contribution is 5.83. The summed E-state index contributed by atoms with van der Waals surface area (Å²) in [7, 11) is 0. The van der Waals surface area contributed by atoms with E-state index >= 15 is 0 Å². The fraction of sp³-hybridized carbons (Fsp3) is 0.176. The first kappa shape index (κ1) is 16.1. The summed E-state index contributed by atoms with van der Waals surface area (Å²) in [6.45, 7) is 1.70. The summed E-state index contributed by atoms with van der Waals surface area (Å²) in [6.07, 6.45) is -4.30. The van der Waals surface area contributed by atoms with Crippen molar-refractivity contribution in [2.75, 3.05) is 6.79 Å². The number of carbonyl (C=O) groups is 1. The molecule has 0 spiro atoms. The number of halogens is 2. The number of aryl methyl sites for hydroxylation is 1. The third kappa shape index (κ3) is 2.67. The van der Waals surface area contributed by atoms with Crippen LogP contribution in [0.15, 0.2) is 30.3 Å². The molecule has 26 heavy (non-hydrogen) atoms. The van der Waals surface area contributed by atoms with E-state index in [0.717, 1.165) is 5.52 Å². The molecule has 1 aliphatic heterocycles. The standard InChI is InChI=1S/C17H12F2N2O5/c1-8-4-9(2-3-12(8)26-17(18,19)16(22)23)15-20-10-5-13-14(25-7-24-13)6-11(10)21-15/h2-6H,7H2,1H3,(H,20,21)(H,22,23). The maximum absolute atomic E-state index is 13.2. The lowest BCUT2D eigenvalue weighted by atomic mass is 10.1. The summed E-state index contributed by atoms with van der Waals surface area (Å²) >= 11 is 0. The molecule has 2 aromatic carbocycles. The van der Waals surface area contributed by atoms with Gasteiger partial charge < -0.3 is 24.3 Å². The molecule has 134 valence electrons. The molecule has 7 nitrogen and oxygen atoms in total. The van der Waals surface area contributed by atoms with Crippen molar-refractivity contribution in [3.63, 3.8) is 0 Å². The summed E-state index contributed by atoms with van der Waals surface area (Å²) < 4.78 is 41.4. The van der Waals surface area contributed by atoms with Crippen LogP contribution in [-0.2, 0) is 4.79 Å². The Hall–Kier alpha value is -3.36. The number of hydrogen-bond donors (Lipinski definition) is 2. The number of carboxylic acids is 1. The van der Waals surface area contributed by atoms with Crippen LogP contribution in [0.5, 0.6) is 17.2 Å². The maximum atomic E-state index is 13.2. The molecule has 0 bridgehead atoms. The number of fused-ring (bicyclic) bond motifs is 2. The normalized spacial score (nSPS) is 13.2. The zero-order chi connectivity index (χ0) is 18.5. The Bertz CT molecular complexity index is 990. The van der Waals surface area contributed by atoms with Crippen molar-refractivity contribution >= 4 is 17.0 Å². The molecule has 9 heteroatoms. The van der Waals surface area contributed by atoms with E-state index in [-0.39, 0.29) is 12.5 Å². The Morgan fingerprint density at radius 3 is 2.69 bits per heavy atom. The van der Waals surface area contributed by atoms with Crippen molar-refractivity contribution in [1.29, 1.82) is 0 Å². The van der Waals surface area contributed by atoms with Gasteiger partial charge in [0.25, 0.3) is 0 Å². The van der Waals surface area contributed by atoms with Crippen LogP contribution in [0, 0.1) is 6.92 Å². The lowest BCUT2D eigenvalue weighted by Crippen LogP contribution is -2.35. The van der Waals surface area contributed by atoms with Crippen LogP contribution in [-0.4, -0.2) is 33.9 Å². The van der Waals surface area contributed by atoms with E-state index in [4.69, 9.17) is 14.6 Å². The number of hydrogen-bond acceptors (Lipinski definition) is 5. The van der Waals surface area contributed by atoms with Gasteiger partial charge >= 0.3 is 12.1 Å². The summed E-state index contributed by atoms with van der Waals surface area (Å²) in [5, 5.41) is 8.47.